The molecule has 2 aromatic heterocycles. The first kappa shape index (κ1) is 20.5. The number of rotatable bonds is 6. The Bertz CT molecular complexity index is 1280. The largest absolute Gasteiger partial charge is 0.496 e. The van der Waals surface area contributed by atoms with E-state index >= 15 is 0 Å². The van der Waals surface area contributed by atoms with Gasteiger partial charge in [0, 0.05) is 29.3 Å². The van der Waals surface area contributed by atoms with E-state index in [4.69, 9.17) is 20.8 Å². The molecule has 0 fully saturated rings. The van der Waals surface area contributed by atoms with Crippen LogP contribution in [0.15, 0.2) is 56.8 Å². The second kappa shape index (κ2) is 8.53. The molecule has 30 heavy (non-hydrogen) atoms. The minimum Gasteiger partial charge on any atom is -0.496 e. The van der Waals surface area contributed by atoms with E-state index in [1.165, 1.54) is 17.8 Å². The molecule has 4 rings (SSSR count). The fraction of sp³-hybridized carbons (Fsp3) is 0.227. The van der Waals surface area contributed by atoms with Gasteiger partial charge in [0.25, 0.3) is 0 Å². The molecule has 8 heteroatoms. The minimum absolute atomic E-state index is 0.379. The third-order valence-electron chi connectivity index (χ3n) is 4.92. The monoisotopic (exact) mass is 441 g/mol. The number of hydrogen-bond donors (Lipinski definition) is 0. The second-order valence-electron chi connectivity index (χ2n) is 6.74. The van der Waals surface area contributed by atoms with Crippen LogP contribution in [0.5, 0.6) is 5.75 Å². The Hall–Kier alpha value is -2.77. The molecule has 0 aliphatic heterocycles. The first-order chi connectivity index (χ1) is 14.5. The number of nitrogens with zero attached hydrogens (tertiary/aromatic N) is 3. The Balaban J connectivity index is 1.66. The summed E-state index contributed by atoms with van der Waals surface area (Å²) in [5.41, 5.74) is 2.83. The molecule has 0 bridgehead atoms. The normalized spacial score (nSPS) is 11.2. The minimum atomic E-state index is -0.379. The number of thioether (sulfide) groups is 1. The summed E-state index contributed by atoms with van der Waals surface area (Å²) >= 11 is 7.89. The lowest BCUT2D eigenvalue weighted by atomic mass is 10.1. The third kappa shape index (κ3) is 3.82. The van der Waals surface area contributed by atoms with Crippen molar-refractivity contribution in [2.75, 3.05) is 7.11 Å². The number of methoxy groups -OCH3 is 1. The maximum Gasteiger partial charge on any atom is 0.336 e. The molecule has 0 saturated heterocycles. The Labute approximate surface area is 182 Å². The number of fused-ring (bicyclic) bond motifs is 1. The highest BCUT2D eigenvalue weighted by Crippen LogP contribution is 2.32. The molecule has 0 aliphatic carbocycles. The highest BCUT2D eigenvalue weighted by molar-refractivity contribution is 7.98. The molecular formula is C22H20ClN3O3S. The van der Waals surface area contributed by atoms with Gasteiger partial charge in [-0.25, -0.2) is 4.79 Å². The fourth-order valence-electron chi connectivity index (χ4n) is 3.33. The van der Waals surface area contributed by atoms with Crippen LogP contribution in [0.4, 0.5) is 0 Å². The quantitative estimate of drug-likeness (QED) is 0.306. The van der Waals surface area contributed by atoms with Gasteiger partial charge in [0.15, 0.2) is 11.0 Å². The highest BCUT2D eigenvalue weighted by Gasteiger charge is 2.16. The third-order valence-corrected chi connectivity index (χ3v) is 6.34. The van der Waals surface area contributed by atoms with Gasteiger partial charge < -0.3 is 13.7 Å². The van der Waals surface area contributed by atoms with Crippen LogP contribution >= 0.6 is 23.4 Å². The zero-order valence-electron chi connectivity index (χ0n) is 16.8. The van der Waals surface area contributed by atoms with E-state index in [9.17, 15) is 4.79 Å². The number of aromatic nitrogens is 3. The van der Waals surface area contributed by atoms with E-state index in [-0.39, 0.29) is 5.63 Å². The first-order valence-corrected chi connectivity index (χ1v) is 10.8. The van der Waals surface area contributed by atoms with E-state index < -0.39 is 0 Å². The molecule has 4 aromatic rings. The number of benzene rings is 2. The average molecular weight is 442 g/mol. The van der Waals surface area contributed by atoms with Gasteiger partial charge in [-0.1, -0.05) is 42.4 Å². The second-order valence-corrected chi connectivity index (χ2v) is 8.09. The summed E-state index contributed by atoms with van der Waals surface area (Å²) in [6.07, 6.45) is 0.766. The van der Waals surface area contributed by atoms with Gasteiger partial charge in [-0.05, 0) is 41.8 Å². The molecule has 0 saturated carbocycles. The van der Waals surface area contributed by atoms with Gasteiger partial charge in [0.2, 0.25) is 0 Å². The van der Waals surface area contributed by atoms with Crippen molar-refractivity contribution >= 4 is 34.3 Å². The van der Waals surface area contributed by atoms with Crippen molar-refractivity contribution in [2.24, 2.45) is 7.05 Å². The van der Waals surface area contributed by atoms with Gasteiger partial charge in [-0.3, -0.25) is 0 Å². The molecule has 154 valence electrons. The summed E-state index contributed by atoms with van der Waals surface area (Å²) in [7, 11) is 3.54. The molecular weight excluding hydrogens is 422 g/mol. The summed E-state index contributed by atoms with van der Waals surface area (Å²) in [6, 6.07) is 12.9. The van der Waals surface area contributed by atoms with Crippen molar-refractivity contribution in [3.05, 3.63) is 69.0 Å². The zero-order valence-corrected chi connectivity index (χ0v) is 18.4. The average Bonchev–Trinajstić information content (AvgIpc) is 3.12. The molecule has 0 N–H and O–H groups in total. The molecule has 0 unspecified atom stereocenters. The summed E-state index contributed by atoms with van der Waals surface area (Å²) in [6.45, 7) is 2.01. The Kier molecular flexibility index (Phi) is 5.83. The maximum absolute atomic E-state index is 12.1. The lowest BCUT2D eigenvalue weighted by molar-refractivity contribution is 0.416. The zero-order chi connectivity index (χ0) is 21.3. The summed E-state index contributed by atoms with van der Waals surface area (Å²) in [4.78, 5) is 12.1. The van der Waals surface area contributed by atoms with Crippen LogP contribution in [0.1, 0.15) is 18.1 Å². The number of hydrogen-bond acceptors (Lipinski definition) is 6. The summed E-state index contributed by atoms with van der Waals surface area (Å²) in [5, 5.41) is 10.9. The topological polar surface area (TPSA) is 70.2 Å². The lowest BCUT2D eigenvalue weighted by Crippen LogP contribution is -2.01. The molecule has 0 radical (unpaired) electrons. The van der Waals surface area contributed by atoms with Crippen LogP contribution in [-0.4, -0.2) is 21.9 Å². The molecule has 0 spiro atoms. The van der Waals surface area contributed by atoms with Gasteiger partial charge in [0.1, 0.15) is 11.3 Å². The summed E-state index contributed by atoms with van der Waals surface area (Å²) < 4.78 is 12.7. The summed E-state index contributed by atoms with van der Waals surface area (Å²) in [5.74, 6) is 1.97. The predicted octanol–water partition coefficient (Wildman–Crippen LogP) is 5.11. The van der Waals surface area contributed by atoms with E-state index in [0.29, 0.717) is 22.2 Å². The SMILES string of the molecule is CCc1cc2oc(=O)cc(CSc3nnc(-c4ccccc4OC)n3C)c2cc1Cl. The fourth-order valence-corrected chi connectivity index (χ4v) is 4.53. The molecule has 2 heterocycles. The predicted molar refractivity (Wildman–Crippen MR) is 119 cm³/mol. The van der Waals surface area contributed by atoms with Crippen LogP contribution in [0.2, 0.25) is 5.02 Å². The first-order valence-electron chi connectivity index (χ1n) is 9.42. The molecule has 0 atom stereocenters. The van der Waals surface area contributed by atoms with Crippen molar-refractivity contribution in [1.82, 2.24) is 14.8 Å². The van der Waals surface area contributed by atoms with Crippen molar-refractivity contribution < 1.29 is 9.15 Å². The van der Waals surface area contributed by atoms with Crippen LogP contribution in [0.25, 0.3) is 22.4 Å². The Morgan fingerprint density at radius 3 is 2.73 bits per heavy atom. The molecule has 0 amide bonds. The van der Waals surface area contributed by atoms with Crippen LogP contribution in [-0.2, 0) is 19.2 Å². The van der Waals surface area contributed by atoms with E-state index in [1.807, 2.05) is 54.9 Å². The number of aryl methyl sites for hydroxylation is 1. The van der Waals surface area contributed by atoms with Crippen molar-refractivity contribution in [3.8, 4) is 17.1 Å². The Morgan fingerprint density at radius 1 is 1.17 bits per heavy atom. The van der Waals surface area contributed by atoms with Gasteiger partial charge in [-0.2, -0.15) is 0 Å². The standard InChI is InChI=1S/C22H20ClN3O3S/c1-4-13-9-19-16(11-17(13)23)14(10-20(27)29-19)12-30-22-25-24-21(26(22)2)15-7-5-6-8-18(15)28-3/h5-11H,4,12H2,1-3H3. The van der Waals surface area contributed by atoms with Gasteiger partial charge in [0.05, 0.1) is 12.7 Å². The maximum atomic E-state index is 12.1. The van der Waals surface area contributed by atoms with Crippen LogP contribution < -0.4 is 10.4 Å². The van der Waals surface area contributed by atoms with Crippen LogP contribution in [0.3, 0.4) is 0 Å². The Morgan fingerprint density at radius 2 is 1.97 bits per heavy atom. The highest BCUT2D eigenvalue weighted by atomic mass is 35.5. The van der Waals surface area contributed by atoms with E-state index in [0.717, 1.165) is 39.4 Å². The lowest BCUT2D eigenvalue weighted by Gasteiger charge is -2.09. The number of ether oxygens (including phenoxy) is 1. The van der Waals surface area contributed by atoms with Crippen molar-refractivity contribution in [3.63, 3.8) is 0 Å². The van der Waals surface area contributed by atoms with E-state index in [1.54, 1.807) is 7.11 Å². The molecule has 0 aliphatic rings. The van der Waals surface area contributed by atoms with Gasteiger partial charge in [-0.15, -0.1) is 10.2 Å². The van der Waals surface area contributed by atoms with E-state index in [2.05, 4.69) is 10.2 Å². The smallest absolute Gasteiger partial charge is 0.336 e. The molecule has 6 nitrogen and oxygen atoms in total. The van der Waals surface area contributed by atoms with Gasteiger partial charge >= 0.3 is 5.63 Å². The van der Waals surface area contributed by atoms with Crippen molar-refractivity contribution in [1.29, 1.82) is 0 Å². The van der Waals surface area contributed by atoms with Crippen molar-refractivity contribution in [2.45, 2.75) is 24.3 Å². The number of para-hydroxylation sites is 1. The van der Waals surface area contributed by atoms with Crippen LogP contribution in [0, 0.1) is 0 Å². The number of halogens is 1. The molecule has 2 aromatic carbocycles.